The Morgan fingerprint density at radius 1 is 0.944 bits per heavy atom. The molecule has 0 saturated carbocycles. The zero-order valence-electron chi connectivity index (χ0n) is 11.2. The molecule has 0 saturated heterocycles. The van der Waals surface area contributed by atoms with E-state index in [4.69, 9.17) is 0 Å². The van der Waals surface area contributed by atoms with Gasteiger partial charge in [-0.15, -0.1) is 0 Å². The Labute approximate surface area is 109 Å². The van der Waals surface area contributed by atoms with Gasteiger partial charge in [-0.3, -0.25) is 0 Å². The minimum absolute atomic E-state index is 0.332. The summed E-state index contributed by atoms with van der Waals surface area (Å²) in [4.78, 5) is 2.43. The van der Waals surface area contributed by atoms with Crippen molar-refractivity contribution in [1.29, 1.82) is 0 Å². The molecule has 0 aliphatic heterocycles. The van der Waals surface area contributed by atoms with E-state index in [-0.39, 0.29) is 0 Å². The van der Waals surface area contributed by atoms with Crippen molar-refractivity contribution in [2.45, 2.75) is 20.3 Å². The highest BCUT2D eigenvalue weighted by atomic mass is 16.3. The molecule has 1 N–H and O–H groups in total. The van der Waals surface area contributed by atoms with Gasteiger partial charge in [0.05, 0.1) is 0 Å². The fourth-order valence-corrected chi connectivity index (χ4v) is 2.27. The Morgan fingerprint density at radius 2 is 1.61 bits per heavy atom. The first-order chi connectivity index (χ1) is 8.72. The number of phenols is 1. The highest BCUT2D eigenvalue weighted by Crippen LogP contribution is 2.21. The topological polar surface area (TPSA) is 23.5 Å². The monoisotopic (exact) mass is 243 g/mol. The van der Waals surface area contributed by atoms with Crippen LogP contribution in [0.4, 0.5) is 0 Å². The van der Waals surface area contributed by atoms with Crippen molar-refractivity contribution in [2.24, 2.45) is 0 Å². The zero-order valence-corrected chi connectivity index (χ0v) is 11.2. The van der Waals surface area contributed by atoms with Gasteiger partial charge in [0, 0.05) is 6.54 Å². The Hall–Kier alpha value is -1.54. The lowest BCUT2D eigenvalue weighted by molar-refractivity contribution is 0.308. The summed E-state index contributed by atoms with van der Waals surface area (Å²) in [5.41, 5.74) is 1.36. The van der Waals surface area contributed by atoms with Crippen molar-refractivity contribution in [3.8, 4) is 5.75 Å². The number of phenolic OH excluding ortho intramolecular Hbond substituents is 1. The van der Waals surface area contributed by atoms with Crippen LogP contribution in [-0.4, -0.2) is 29.6 Å². The number of likely N-dealkylation sites (N-methyl/N-ethyl adjacent to an activating group) is 1. The molecule has 0 spiro atoms. The summed E-state index contributed by atoms with van der Waals surface area (Å²) in [6.07, 6.45) is 1.08. The van der Waals surface area contributed by atoms with E-state index in [1.165, 1.54) is 10.9 Å². The third kappa shape index (κ3) is 3.02. The molecule has 0 aliphatic rings. The van der Waals surface area contributed by atoms with Crippen molar-refractivity contribution < 1.29 is 5.11 Å². The van der Waals surface area contributed by atoms with Gasteiger partial charge >= 0.3 is 0 Å². The summed E-state index contributed by atoms with van der Waals surface area (Å²) in [5, 5.41) is 11.7. The predicted octanol–water partition coefficient (Wildman–Crippen LogP) is 3.43. The molecule has 2 rings (SSSR count). The second-order valence-corrected chi connectivity index (χ2v) is 4.64. The van der Waals surface area contributed by atoms with Crippen LogP contribution in [0.1, 0.15) is 19.4 Å². The predicted molar refractivity (Wildman–Crippen MR) is 77.1 cm³/mol. The van der Waals surface area contributed by atoms with E-state index in [9.17, 15) is 5.11 Å². The standard InChI is InChI=1S/C16H21NO/c1-3-17(4-2)10-9-13-5-6-15-12-16(18)8-7-14(15)11-13/h5-8,11-12,18H,3-4,9-10H2,1-2H3. The van der Waals surface area contributed by atoms with Crippen LogP contribution >= 0.6 is 0 Å². The number of fused-ring (bicyclic) bond motifs is 1. The second kappa shape index (κ2) is 5.87. The van der Waals surface area contributed by atoms with Crippen LogP contribution < -0.4 is 0 Å². The van der Waals surface area contributed by atoms with Gasteiger partial charge in [0.2, 0.25) is 0 Å². The Balaban J connectivity index is 2.12. The van der Waals surface area contributed by atoms with E-state index in [2.05, 4.69) is 36.9 Å². The van der Waals surface area contributed by atoms with Crippen LogP contribution in [0.2, 0.25) is 0 Å². The lowest BCUT2D eigenvalue weighted by Crippen LogP contribution is -2.25. The molecular weight excluding hydrogens is 222 g/mol. The van der Waals surface area contributed by atoms with E-state index in [1.807, 2.05) is 12.1 Å². The molecule has 2 aromatic carbocycles. The second-order valence-electron chi connectivity index (χ2n) is 4.64. The molecule has 0 fully saturated rings. The molecule has 0 aliphatic carbocycles. The van der Waals surface area contributed by atoms with Gasteiger partial charge in [0.1, 0.15) is 5.75 Å². The SMILES string of the molecule is CCN(CC)CCc1ccc2cc(O)ccc2c1. The summed E-state index contributed by atoms with van der Waals surface area (Å²) < 4.78 is 0. The molecule has 0 bridgehead atoms. The van der Waals surface area contributed by atoms with Gasteiger partial charge < -0.3 is 10.0 Å². The van der Waals surface area contributed by atoms with Crippen molar-refractivity contribution >= 4 is 10.8 Å². The normalized spacial score (nSPS) is 11.3. The van der Waals surface area contributed by atoms with Crippen LogP contribution in [0, 0.1) is 0 Å². The molecule has 2 nitrogen and oxygen atoms in total. The first-order valence-electron chi connectivity index (χ1n) is 6.67. The maximum atomic E-state index is 9.43. The lowest BCUT2D eigenvalue weighted by Gasteiger charge is -2.17. The molecule has 0 amide bonds. The zero-order chi connectivity index (χ0) is 13.0. The molecule has 0 atom stereocenters. The van der Waals surface area contributed by atoms with Gasteiger partial charge in [-0.1, -0.05) is 38.1 Å². The van der Waals surface area contributed by atoms with E-state index >= 15 is 0 Å². The van der Waals surface area contributed by atoms with Crippen molar-refractivity contribution in [3.63, 3.8) is 0 Å². The summed E-state index contributed by atoms with van der Waals surface area (Å²) in [7, 11) is 0. The summed E-state index contributed by atoms with van der Waals surface area (Å²) >= 11 is 0. The fourth-order valence-electron chi connectivity index (χ4n) is 2.27. The third-order valence-corrected chi connectivity index (χ3v) is 3.50. The van der Waals surface area contributed by atoms with E-state index in [1.54, 1.807) is 6.07 Å². The molecule has 0 aromatic heterocycles. The maximum absolute atomic E-state index is 9.43. The van der Waals surface area contributed by atoms with Crippen LogP contribution in [0.25, 0.3) is 10.8 Å². The number of hydrogen-bond acceptors (Lipinski definition) is 2. The molecule has 0 heterocycles. The van der Waals surface area contributed by atoms with Gasteiger partial charge in [0.25, 0.3) is 0 Å². The first kappa shape index (κ1) is 12.9. The van der Waals surface area contributed by atoms with Crippen LogP contribution in [0.3, 0.4) is 0 Å². The molecular formula is C16H21NO. The highest BCUT2D eigenvalue weighted by Gasteiger charge is 2.01. The van der Waals surface area contributed by atoms with Crippen LogP contribution in [-0.2, 0) is 6.42 Å². The number of benzene rings is 2. The highest BCUT2D eigenvalue weighted by molar-refractivity contribution is 5.84. The average molecular weight is 243 g/mol. The third-order valence-electron chi connectivity index (χ3n) is 3.50. The first-order valence-corrected chi connectivity index (χ1v) is 6.67. The van der Waals surface area contributed by atoms with Gasteiger partial charge in [0.15, 0.2) is 0 Å². The molecule has 0 unspecified atom stereocenters. The summed E-state index contributed by atoms with van der Waals surface area (Å²) in [6, 6.07) is 12.0. The van der Waals surface area contributed by atoms with E-state index in [0.29, 0.717) is 5.75 Å². The number of hydrogen-bond donors (Lipinski definition) is 1. The summed E-state index contributed by atoms with van der Waals surface area (Å²) in [6.45, 7) is 7.73. The van der Waals surface area contributed by atoms with Gasteiger partial charge in [-0.2, -0.15) is 0 Å². The number of aromatic hydroxyl groups is 1. The molecule has 18 heavy (non-hydrogen) atoms. The van der Waals surface area contributed by atoms with Crippen molar-refractivity contribution in [1.82, 2.24) is 4.90 Å². The lowest BCUT2D eigenvalue weighted by atomic mass is 10.0. The molecule has 2 aromatic rings. The minimum atomic E-state index is 0.332. The average Bonchev–Trinajstić information content (AvgIpc) is 2.40. The molecule has 2 heteroatoms. The largest absolute Gasteiger partial charge is 0.508 e. The summed E-state index contributed by atoms with van der Waals surface area (Å²) in [5.74, 6) is 0.332. The molecule has 96 valence electrons. The Kier molecular flexibility index (Phi) is 4.21. The molecule has 0 radical (unpaired) electrons. The quantitative estimate of drug-likeness (QED) is 0.869. The Morgan fingerprint density at radius 3 is 2.33 bits per heavy atom. The van der Waals surface area contributed by atoms with E-state index < -0.39 is 0 Å². The Bertz CT molecular complexity index is 517. The van der Waals surface area contributed by atoms with Crippen molar-refractivity contribution in [2.75, 3.05) is 19.6 Å². The van der Waals surface area contributed by atoms with Crippen LogP contribution in [0.15, 0.2) is 36.4 Å². The van der Waals surface area contributed by atoms with Crippen LogP contribution in [0.5, 0.6) is 5.75 Å². The van der Waals surface area contributed by atoms with Gasteiger partial charge in [-0.25, -0.2) is 0 Å². The fraction of sp³-hybridized carbons (Fsp3) is 0.375. The van der Waals surface area contributed by atoms with Gasteiger partial charge in [-0.05, 0) is 48.0 Å². The smallest absolute Gasteiger partial charge is 0.116 e. The van der Waals surface area contributed by atoms with E-state index in [0.717, 1.165) is 31.4 Å². The van der Waals surface area contributed by atoms with Crippen molar-refractivity contribution in [3.05, 3.63) is 42.0 Å². The number of rotatable bonds is 5. The maximum Gasteiger partial charge on any atom is 0.116 e. The minimum Gasteiger partial charge on any atom is -0.508 e. The number of nitrogens with zero attached hydrogens (tertiary/aromatic N) is 1.